The lowest BCUT2D eigenvalue weighted by Crippen LogP contribution is -2.36. The predicted molar refractivity (Wildman–Crippen MR) is 87.0 cm³/mol. The van der Waals surface area contributed by atoms with Gasteiger partial charge >= 0.3 is 0 Å². The molecule has 2 atom stereocenters. The number of hydrogen-bond donors (Lipinski definition) is 1. The molecule has 1 amide bonds. The summed E-state index contributed by atoms with van der Waals surface area (Å²) in [5, 5.41) is 3.22. The summed E-state index contributed by atoms with van der Waals surface area (Å²) in [6.07, 6.45) is 0. The van der Waals surface area contributed by atoms with E-state index in [1.807, 2.05) is 44.4 Å². The van der Waals surface area contributed by atoms with Crippen LogP contribution in [0, 0.1) is 0 Å². The van der Waals surface area contributed by atoms with Gasteiger partial charge in [-0.2, -0.15) is 0 Å². The quantitative estimate of drug-likeness (QED) is 0.860. The molecule has 0 aliphatic rings. The molecule has 2 unspecified atom stereocenters. The summed E-state index contributed by atoms with van der Waals surface area (Å²) in [7, 11) is 0. The normalized spacial score (nSPS) is 14.4. The summed E-state index contributed by atoms with van der Waals surface area (Å²) in [5.74, 6) is 0.600. The van der Waals surface area contributed by atoms with Crippen LogP contribution in [0.25, 0.3) is 11.0 Å². The molecule has 0 aliphatic carbocycles. The van der Waals surface area contributed by atoms with Gasteiger partial charge in [-0.25, -0.2) is 4.98 Å². The zero-order valence-electron chi connectivity index (χ0n) is 12.5. The maximum atomic E-state index is 12.3. The smallest absolute Gasteiger partial charge is 0.243 e. The van der Waals surface area contributed by atoms with Crippen molar-refractivity contribution < 1.29 is 4.79 Å². The first kappa shape index (κ1) is 16.1. The summed E-state index contributed by atoms with van der Waals surface area (Å²) < 4.78 is 1.86. The number of fused-ring (bicyclic) bond motifs is 1. The van der Waals surface area contributed by atoms with Gasteiger partial charge in [0.25, 0.3) is 0 Å². The molecule has 1 N–H and O–H groups in total. The molecule has 0 fully saturated rings. The van der Waals surface area contributed by atoms with Crippen molar-refractivity contribution in [1.29, 1.82) is 0 Å². The largest absolute Gasteiger partial charge is 0.352 e. The molecule has 1 aromatic heterocycles. The van der Waals surface area contributed by atoms with Gasteiger partial charge in [0.15, 0.2) is 0 Å². The number of carbonyl (C=O) groups is 1. The Hall–Kier alpha value is -1.26. The highest BCUT2D eigenvalue weighted by Gasteiger charge is 2.24. The van der Waals surface area contributed by atoms with E-state index in [9.17, 15) is 4.79 Å². The predicted octanol–water partition coefficient (Wildman–Crippen LogP) is 4.08. The number of benzene rings is 1. The summed E-state index contributed by atoms with van der Waals surface area (Å²) in [6.45, 7) is 7.54. The molecule has 21 heavy (non-hydrogen) atoms. The van der Waals surface area contributed by atoms with E-state index in [0.717, 1.165) is 11.0 Å². The average Bonchev–Trinajstić information content (AvgIpc) is 2.75. The van der Waals surface area contributed by atoms with Crippen molar-refractivity contribution in [2.75, 3.05) is 0 Å². The molecule has 0 bridgehead atoms. The molecule has 1 heterocycles. The molecule has 0 saturated heterocycles. The number of aromatic nitrogens is 2. The van der Waals surface area contributed by atoms with E-state index in [1.54, 1.807) is 6.07 Å². The van der Waals surface area contributed by atoms with Crippen LogP contribution in [0.5, 0.6) is 0 Å². The first-order valence-corrected chi connectivity index (χ1v) is 7.74. The van der Waals surface area contributed by atoms with Gasteiger partial charge in [-0.05, 0) is 45.9 Å². The van der Waals surface area contributed by atoms with Gasteiger partial charge in [-0.15, -0.1) is 11.6 Å². The molecule has 0 spiro atoms. The Labute approximate surface area is 134 Å². The van der Waals surface area contributed by atoms with Crippen molar-refractivity contribution in [2.24, 2.45) is 0 Å². The topological polar surface area (TPSA) is 46.9 Å². The first-order chi connectivity index (χ1) is 9.81. The highest BCUT2D eigenvalue weighted by Crippen LogP contribution is 2.29. The fourth-order valence-electron chi connectivity index (χ4n) is 2.29. The second kappa shape index (κ2) is 6.24. The number of imidazole rings is 1. The maximum Gasteiger partial charge on any atom is 0.243 e. The highest BCUT2D eigenvalue weighted by atomic mass is 35.5. The second-order valence-corrected chi connectivity index (χ2v) is 6.52. The van der Waals surface area contributed by atoms with Crippen LogP contribution < -0.4 is 5.32 Å². The SMILES string of the molecule is CC(C)NC(=O)C(C)n1c(C(C)Cl)nc2ccc(Cl)cc21. The molecule has 0 saturated carbocycles. The summed E-state index contributed by atoms with van der Waals surface area (Å²) in [5.41, 5.74) is 1.60. The molecule has 2 aromatic rings. The number of amides is 1. The standard InChI is InChI=1S/C15H19Cl2N3O/c1-8(2)18-15(21)10(4)20-13-7-11(17)5-6-12(13)19-14(20)9(3)16/h5-10H,1-4H3,(H,18,21). The fraction of sp³-hybridized carbons (Fsp3) is 0.467. The third-order valence-electron chi connectivity index (χ3n) is 3.23. The minimum absolute atomic E-state index is 0.0668. The van der Waals surface area contributed by atoms with E-state index in [2.05, 4.69) is 10.3 Å². The zero-order valence-corrected chi connectivity index (χ0v) is 14.0. The molecule has 0 aliphatic heterocycles. The number of halogens is 2. The molecular formula is C15H19Cl2N3O. The van der Waals surface area contributed by atoms with Crippen LogP contribution in [-0.2, 0) is 4.79 Å². The van der Waals surface area contributed by atoms with Crippen molar-refractivity contribution >= 4 is 40.1 Å². The number of hydrogen-bond acceptors (Lipinski definition) is 2. The lowest BCUT2D eigenvalue weighted by atomic mass is 10.2. The summed E-state index contributed by atoms with van der Waals surface area (Å²) in [4.78, 5) is 16.8. The second-order valence-electron chi connectivity index (χ2n) is 5.43. The number of alkyl halides is 1. The van der Waals surface area contributed by atoms with Crippen LogP contribution in [-0.4, -0.2) is 21.5 Å². The van der Waals surface area contributed by atoms with Gasteiger partial charge in [-0.1, -0.05) is 11.6 Å². The van der Waals surface area contributed by atoms with Gasteiger partial charge in [0.2, 0.25) is 5.91 Å². The Bertz CT molecular complexity index is 664. The molecule has 0 radical (unpaired) electrons. The molecule has 1 aromatic carbocycles. The molecular weight excluding hydrogens is 309 g/mol. The van der Waals surface area contributed by atoms with Crippen LogP contribution in [0.2, 0.25) is 5.02 Å². The average molecular weight is 328 g/mol. The lowest BCUT2D eigenvalue weighted by molar-refractivity contribution is -0.124. The van der Waals surface area contributed by atoms with Crippen molar-refractivity contribution in [3.8, 4) is 0 Å². The van der Waals surface area contributed by atoms with E-state index in [0.29, 0.717) is 10.8 Å². The number of nitrogens with zero attached hydrogens (tertiary/aromatic N) is 2. The van der Waals surface area contributed by atoms with E-state index >= 15 is 0 Å². The number of rotatable bonds is 4. The Morgan fingerprint density at radius 1 is 1.29 bits per heavy atom. The minimum Gasteiger partial charge on any atom is -0.352 e. The molecule has 4 nitrogen and oxygen atoms in total. The van der Waals surface area contributed by atoms with Crippen LogP contribution in [0.3, 0.4) is 0 Å². The Morgan fingerprint density at radius 3 is 2.52 bits per heavy atom. The molecule has 114 valence electrons. The summed E-state index contributed by atoms with van der Waals surface area (Å²) >= 11 is 12.3. The number of carbonyl (C=O) groups excluding carboxylic acids is 1. The zero-order chi connectivity index (χ0) is 15.7. The van der Waals surface area contributed by atoms with Crippen LogP contribution in [0.15, 0.2) is 18.2 Å². The van der Waals surface area contributed by atoms with E-state index in [4.69, 9.17) is 23.2 Å². The fourth-order valence-corrected chi connectivity index (χ4v) is 2.62. The van der Waals surface area contributed by atoms with Gasteiger partial charge in [-0.3, -0.25) is 4.79 Å². The van der Waals surface area contributed by atoms with Gasteiger partial charge in [0.05, 0.1) is 16.4 Å². The third kappa shape index (κ3) is 3.33. The van der Waals surface area contributed by atoms with E-state index in [1.165, 1.54) is 0 Å². The van der Waals surface area contributed by atoms with Crippen molar-refractivity contribution in [1.82, 2.24) is 14.9 Å². The lowest BCUT2D eigenvalue weighted by Gasteiger charge is -2.19. The Balaban J connectivity index is 2.56. The van der Waals surface area contributed by atoms with Gasteiger partial charge in [0.1, 0.15) is 11.9 Å². The number of nitrogens with one attached hydrogen (secondary N) is 1. The van der Waals surface area contributed by atoms with Crippen LogP contribution >= 0.6 is 23.2 Å². The van der Waals surface area contributed by atoms with Crippen LogP contribution in [0.4, 0.5) is 0 Å². The van der Waals surface area contributed by atoms with E-state index < -0.39 is 6.04 Å². The highest BCUT2D eigenvalue weighted by molar-refractivity contribution is 6.31. The van der Waals surface area contributed by atoms with Crippen molar-refractivity contribution in [2.45, 2.75) is 45.2 Å². The first-order valence-electron chi connectivity index (χ1n) is 6.93. The summed E-state index contributed by atoms with van der Waals surface area (Å²) in [6, 6.07) is 5.10. The van der Waals surface area contributed by atoms with Gasteiger partial charge < -0.3 is 9.88 Å². The molecule has 6 heteroatoms. The Morgan fingerprint density at radius 2 is 1.95 bits per heavy atom. The minimum atomic E-state index is -0.410. The van der Waals surface area contributed by atoms with E-state index in [-0.39, 0.29) is 17.3 Å². The maximum absolute atomic E-state index is 12.3. The molecule has 2 rings (SSSR count). The van der Waals surface area contributed by atoms with Crippen molar-refractivity contribution in [3.05, 3.63) is 29.0 Å². The Kier molecular flexibility index (Phi) is 4.79. The van der Waals surface area contributed by atoms with Crippen LogP contribution in [0.1, 0.15) is 44.9 Å². The van der Waals surface area contributed by atoms with Gasteiger partial charge in [0, 0.05) is 11.1 Å². The third-order valence-corrected chi connectivity index (χ3v) is 3.66. The monoisotopic (exact) mass is 327 g/mol. The van der Waals surface area contributed by atoms with Crippen molar-refractivity contribution in [3.63, 3.8) is 0 Å².